The Labute approximate surface area is 126 Å². The normalized spacial score (nSPS) is 16.5. The van der Waals surface area contributed by atoms with Crippen LogP contribution in [-0.2, 0) is 4.74 Å². The van der Waals surface area contributed by atoms with E-state index in [4.69, 9.17) is 9.47 Å². The second-order valence-corrected chi connectivity index (χ2v) is 5.16. The zero-order valence-corrected chi connectivity index (χ0v) is 12.5. The number of ether oxygens (including phenoxy) is 2. The maximum absolute atomic E-state index is 5.66. The lowest BCUT2D eigenvalue weighted by Gasteiger charge is -2.18. The first kappa shape index (κ1) is 13.9. The predicted octanol–water partition coefficient (Wildman–Crippen LogP) is 4.26. The van der Waals surface area contributed by atoms with Crippen LogP contribution in [0.1, 0.15) is 29.5 Å². The van der Waals surface area contributed by atoms with E-state index in [-0.39, 0.29) is 5.92 Å². The molecule has 0 saturated heterocycles. The molecule has 0 radical (unpaired) electrons. The fourth-order valence-electron chi connectivity index (χ4n) is 3.00. The van der Waals surface area contributed by atoms with Gasteiger partial charge >= 0.3 is 0 Å². The highest BCUT2D eigenvalue weighted by atomic mass is 16.5. The van der Waals surface area contributed by atoms with Gasteiger partial charge in [0.05, 0.1) is 13.7 Å². The minimum Gasteiger partial charge on any atom is -0.496 e. The Bertz CT molecular complexity index is 644. The topological polar surface area (TPSA) is 18.5 Å². The van der Waals surface area contributed by atoms with Crippen LogP contribution in [0, 0.1) is 0 Å². The Kier molecular flexibility index (Phi) is 4.07. The van der Waals surface area contributed by atoms with E-state index in [0.717, 1.165) is 12.4 Å². The molecular weight excluding hydrogens is 260 g/mol. The van der Waals surface area contributed by atoms with Gasteiger partial charge in [-0.2, -0.15) is 0 Å². The van der Waals surface area contributed by atoms with E-state index in [0.29, 0.717) is 6.61 Å². The van der Waals surface area contributed by atoms with Crippen LogP contribution in [0.15, 0.2) is 54.1 Å². The van der Waals surface area contributed by atoms with Crippen LogP contribution in [0.3, 0.4) is 0 Å². The summed E-state index contributed by atoms with van der Waals surface area (Å²) in [6.07, 6.45) is 2.22. The summed E-state index contributed by atoms with van der Waals surface area (Å²) < 4.78 is 11.2. The molecule has 0 heterocycles. The summed E-state index contributed by atoms with van der Waals surface area (Å²) in [4.78, 5) is 0. The highest BCUT2D eigenvalue weighted by Gasteiger charge is 2.28. The molecule has 2 aromatic rings. The van der Waals surface area contributed by atoms with Crippen molar-refractivity contribution >= 4 is 6.08 Å². The van der Waals surface area contributed by atoms with E-state index in [1.807, 2.05) is 13.0 Å². The summed E-state index contributed by atoms with van der Waals surface area (Å²) in [5.41, 5.74) is 5.08. The summed E-state index contributed by atoms with van der Waals surface area (Å²) >= 11 is 0. The Balaban J connectivity index is 2.07. The quantitative estimate of drug-likeness (QED) is 0.814. The molecule has 0 bridgehead atoms. The van der Waals surface area contributed by atoms with E-state index in [1.54, 1.807) is 7.11 Å². The lowest BCUT2D eigenvalue weighted by Crippen LogP contribution is -2.06. The first-order valence-corrected chi connectivity index (χ1v) is 7.35. The fourth-order valence-corrected chi connectivity index (χ4v) is 3.00. The monoisotopic (exact) mass is 280 g/mol. The summed E-state index contributed by atoms with van der Waals surface area (Å²) in [6.45, 7) is 3.42. The zero-order chi connectivity index (χ0) is 14.7. The van der Waals surface area contributed by atoms with Gasteiger partial charge in [-0.3, -0.25) is 0 Å². The van der Waals surface area contributed by atoms with E-state index in [9.17, 15) is 0 Å². The molecule has 0 saturated carbocycles. The van der Waals surface area contributed by atoms with Gasteiger partial charge in [-0.15, -0.1) is 0 Å². The van der Waals surface area contributed by atoms with Crippen LogP contribution < -0.4 is 4.74 Å². The number of methoxy groups -OCH3 is 1. The van der Waals surface area contributed by atoms with Gasteiger partial charge in [0.25, 0.3) is 0 Å². The van der Waals surface area contributed by atoms with Crippen molar-refractivity contribution < 1.29 is 9.47 Å². The first-order valence-electron chi connectivity index (χ1n) is 7.35. The van der Waals surface area contributed by atoms with Gasteiger partial charge in [-0.1, -0.05) is 42.5 Å². The molecule has 1 unspecified atom stereocenters. The van der Waals surface area contributed by atoms with Crippen molar-refractivity contribution in [2.45, 2.75) is 12.8 Å². The van der Waals surface area contributed by atoms with Gasteiger partial charge in [0, 0.05) is 18.1 Å². The zero-order valence-electron chi connectivity index (χ0n) is 12.5. The van der Waals surface area contributed by atoms with Crippen molar-refractivity contribution in [3.05, 3.63) is 70.8 Å². The van der Waals surface area contributed by atoms with Gasteiger partial charge in [0.1, 0.15) is 5.75 Å². The molecule has 0 aromatic heterocycles. The first-order chi connectivity index (χ1) is 10.3. The number of rotatable bonds is 5. The second kappa shape index (κ2) is 6.15. The van der Waals surface area contributed by atoms with Gasteiger partial charge in [0.2, 0.25) is 0 Å². The highest BCUT2D eigenvalue weighted by molar-refractivity contribution is 5.73. The van der Waals surface area contributed by atoms with Gasteiger partial charge in [-0.05, 0) is 35.8 Å². The maximum Gasteiger partial charge on any atom is 0.126 e. The standard InChI is InChI=1S/C19H20O2/c1-3-21-13-15-12-17-16(10-7-11-18(17)20-2)19(15)14-8-5-4-6-9-14/h4-12,19H,3,13H2,1-2H3. The molecule has 108 valence electrons. The molecule has 21 heavy (non-hydrogen) atoms. The molecule has 2 aromatic carbocycles. The van der Waals surface area contributed by atoms with Gasteiger partial charge in [0.15, 0.2) is 0 Å². The average molecular weight is 280 g/mol. The molecule has 0 aliphatic heterocycles. The number of benzene rings is 2. The van der Waals surface area contributed by atoms with E-state index < -0.39 is 0 Å². The van der Waals surface area contributed by atoms with Crippen LogP contribution in [0.2, 0.25) is 0 Å². The molecule has 2 nitrogen and oxygen atoms in total. The third kappa shape index (κ3) is 2.59. The van der Waals surface area contributed by atoms with Crippen molar-refractivity contribution in [2.75, 3.05) is 20.3 Å². The van der Waals surface area contributed by atoms with Crippen LogP contribution in [0.5, 0.6) is 5.75 Å². The molecule has 1 aliphatic rings. The molecule has 1 aliphatic carbocycles. The van der Waals surface area contributed by atoms with Crippen LogP contribution in [0.25, 0.3) is 6.08 Å². The Morgan fingerprint density at radius 2 is 1.81 bits per heavy atom. The van der Waals surface area contributed by atoms with Crippen molar-refractivity contribution in [2.24, 2.45) is 0 Å². The summed E-state index contributed by atoms with van der Waals surface area (Å²) in [6, 6.07) is 16.9. The smallest absolute Gasteiger partial charge is 0.126 e. The molecule has 0 spiro atoms. The molecule has 0 amide bonds. The Hall–Kier alpha value is -2.06. The minimum absolute atomic E-state index is 0.267. The number of fused-ring (bicyclic) bond motifs is 1. The highest BCUT2D eigenvalue weighted by Crippen LogP contribution is 2.44. The minimum atomic E-state index is 0.267. The van der Waals surface area contributed by atoms with Crippen molar-refractivity contribution in [1.29, 1.82) is 0 Å². The van der Waals surface area contributed by atoms with Gasteiger partial charge in [-0.25, -0.2) is 0 Å². The summed E-state index contributed by atoms with van der Waals surface area (Å²) in [5, 5.41) is 0. The number of hydrogen-bond acceptors (Lipinski definition) is 2. The van der Waals surface area contributed by atoms with E-state index in [2.05, 4.69) is 48.5 Å². The average Bonchev–Trinajstić information content (AvgIpc) is 2.92. The molecule has 3 rings (SSSR count). The summed E-state index contributed by atoms with van der Waals surface area (Å²) in [5.74, 6) is 1.20. The van der Waals surface area contributed by atoms with Crippen molar-refractivity contribution in [3.8, 4) is 5.75 Å². The Morgan fingerprint density at radius 3 is 2.52 bits per heavy atom. The largest absolute Gasteiger partial charge is 0.496 e. The third-order valence-corrected chi connectivity index (χ3v) is 3.94. The lowest BCUT2D eigenvalue weighted by molar-refractivity contribution is 0.169. The summed E-state index contributed by atoms with van der Waals surface area (Å²) in [7, 11) is 1.72. The van der Waals surface area contributed by atoms with Gasteiger partial charge < -0.3 is 9.47 Å². The lowest BCUT2D eigenvalue weighted by atomic mass is 9.88. The predicted molar refractivity (Wildman–Crippen MR) is 85.7 cm³/mol. The molecule has 1 atom stereocenters. The molecule has 0 fully saturated rings. The fraction of sp³-hybridized carbons (Fsp3) is 0.263. The SMILES string of the molecule is CCOCC1=Cc2c(OC)cccc2C1c1ccccc1. The Morgan fingerprint density at radius 1 is 1.00 bits per heavy atom. The second-order valence-electron chi connectivity index (χ2n) is 5.16. The van der Waals surface area contributed by atoms with E-state index >= 15 is 0 Å². The van der Waals surface area contributed by atoms with Crippen LogP contribution in [-0.4, -0.2) is 20.3 Å². The van der Waals surface area contributed by atoms with Crippen LogP contribution >= 0.6 is 0 Å². The third-order valence-electron chi connectivity index (χ3n) is 3.94. The maximum atomic E-state index is 5.66. The molecular formula is C19H20O2. The molecule has 0 N–H and O–H groups in total. The molecule has 2 heteroatoms. The number of hydrogen-bond donors (Lipinski definition) is 0. The van der Waals surface area contributed by atoms with E-state index in [1.165, 1.54) is 22.3 Å². The van der Waals surface area contributed by atoms with Crippen LogP contribution in [0.4, 0.5) is 0 Å². The van der Waals surface area contributed by atoms with Crippen molar-refractivity contribution in [1.82, 2.24) is 0 Å². The van der Waals surface area contributed by atoms with Crippen molar-refractivity contribution in [3.63, 3.8) is 0 Å².